The van der Waals surface area contributed by atoms with Crippen molar-refractivity contribution in [1.29, 1.82) is 0 Å². The zero-order valence-electron chi connectivity index (χ0n) is 15.3. The lowest BCUT2D eigenvalue weighted by molar-refractivity contribution is -0.163. The number of rotatable bonds is 6. The summed E-state index contributed by atoms with van der Waals surface area (Å²) in [5.74, 6) is -1.83. The van der Waals surface area contributed by atoms with Crippen LogP contribution in [-0.4, -0.2) is 23.6 Å². The first-order valence-electron chi connectivity index (χ1n) is 8.17. The summed E-state index contributed by atoms with van der Waals surface area (Å²) in [7, 11) is 0. The van der Waals surface area contributed by atoms with Gasteiger partial charge in [-0.1, -0.05) is 26.0 Å². The van der Waals surface area contributed by atoms with E-state index >= 15 is 0 Å². The average molecular weight is 338 g/mol. The first kappa shape index (κ1) is 20.1. The van der Waals surface area contributed by atoms with Crippen LogP contribution in [0.25, 0.3) is 0 Å². The molecule has 3 atom stereocenters. The predicted molar refractivity (Wildman–Crippen MR) is 90.0 cm³/mol. The highest BCUT2D eigenvalue weighted by molar-refractivity contribution is 5.79. The number of hydrogen-bond acceptors (Lipinski definition) is 4. The molecule has 134 valence electrons. The Morgan fingerprint density at radius 1 is 1.08 bits per heavy atom. The van der Waals surface area contributed by atoms with Crippen LogP contribution in [0.15, 0.2) is 24.3 Å². The van der Waals surface area contributed by atoms with Crippen molar-refractivity contribution in [2.24, 2.45) is 5.92 Å². The molecule has 0 amide bonds. The Morgan fingerprint density at radius 3 is 2.12 bits per heavy atom. The molecule has 1 rings (SSSR count). The van der Waals surface area contributed by atoms with E-state index < -0.39 is 23.5 Å². The van der Waals surface area contributed by atoms with Gasteiger partial charge in [0.2, 0.25) is 0 Å². The van der Waals surface area contributed by atoms with E-state index in [4.69, 9.17) is 9.47 Å². The van der Waals surface area contributed by atoms with Crippen molar-refractivity contribution in [3.63, 3.8) is 0 Å². The molecule has 24 heavy (non-hydrogen) atoms. The molecule has 0 bridgehead atoms. The molecule has 0 aromatic heterocycles. The second kappa shape index (κ2) is 8.27. The van der Waals surface area contributed by atoms with Crippen LogP contribution < -0.4 is 0 Å². The van der Waals surface area contributed by atoms with E-state index in [1.54, 1.807) is 46.8 Å². The van der Waals surface area contributed by atoms with Gasteiger partial charge in [-0.05, 0) is 45.4 Å². The van der Waals surface area contributed by atoms with Gasteiger partial charge >= 0.3 is 11.9 Å². The second-order valence-electron chi connectivity index (χ2n) is 7.17. The smallest absolute Gasteiger partial charge is 0.309 e. The van der Waals surface area contributed by atoms with Gasteiger partial charge in [-0.15, -0.1) is 0 Å². The molecule has 0 aliphatic carbocycles. The lowest BCUT2D eigenvalue weighted by Crippen LogP contribution is -2.29. The Morgan fingerprint density at radius 2 is 1.62 bits per heavy atom. The number of esters is 2. The van der Waals surface area contributed by atoms with Crippen LogP contribution in [0.4, 0.5) is 4.39 Å². The Hall–Kier alpha value is -1.91. The summed E-state index contributed by atoms with van der Waals surface area (Å²) in [6.07, 6.45) is -0.405. The van der Waals surface area contributed by atoms with E-state index in [0.29, 0.717) is 0 Å². The molecule has 0 aliphatic rings. The quantitative estimate of drug-likeness (QED) is 0.729. The van der Waals surface area contributed by atoms with Gasteiger partial charge in [-0.2, -0.15) is 0 Å². The van der Waals surface area contributed by atoms with Crippen LogP contribution in [0, 0.1) is 11.7 Å². The second-order valence-corrected chi connectivity index (χ2v) is 7.17. The molecule has 5 heteroatoms. The van der Waals surface area contributed by atoms with Gasteiger partial charge in [0.25, 0.3) is 0 Å². The molecule has 1 aromatic carbocycles. The van der Waals surface area contributed by atoms with E-state index in [9.17, 15) is 14.0 Å². The fourth-order valence-electron chi connectivity index (χ4n) is 2.16. The number of benzene rings is 1. The minimum Gasteiger partial charge on any atom is -0.462 e. The summed E-state index contributed by atoms with van der Waals surface area (Å²) < 4.78 is 23.6. The summed E-state index contributed by atoms with van der Waals surface area (Å²) in [5.41, 5.74) is 0.307. The zero-order valence-corrected chi connectivity index (χ0v) is 15.3. The Balaban J connectivity index is 2.56. The molecule has 0 spiro atoms. The van der Waals surface area contributed by atoms with Crippen LogP contribution >= 0.6 is 0 Å². The van der Waals surface area contributed by atoms with Crippen molar-refractivity contribution in [3.8, 4) is 0 Å². The van der Waals surface area contributed by atoms with Gasteiger partial charge in [0.15, 0.2) is 0 Å². The molecular weight excluding hydrogens is 311 g/mol. The highest BCUT2D eigenvalue weighted by Crippen LogP contribution is 2.23. The number of ether oxygens (including phenoxy) is 2. The maximum Gasteiger partial charge on any atom is 0.309 e. The van der Waals surface area contributed by atoms with E-state index in [0.717, 1.165) is 5.56 Å². The number of carbonyl (C=O) groups is 2. The lowest BCUT2D eigenvalue weighted by atomic mass is 9.96. The molecular formula is C19H27FO4. The number of hydrogen-bond donors (Lipinski definition) is 0. The van der Waals surface area contributed by atoms with Crippen molar-refractivity contribution >= 4 is 11.9 Å². The maximum atomic E-state index is 13.0. The molecule has 0 saturated carbocycles. The Kier molecular flexibility index (Phi) is 6.93. The number of carbonyl (C=O) groups excluding carboxylic acids is 2. The maximum absolute atomic E-state index is 13.0. The summed E-state index contributed by atoms with van der Waals surface area (Å²) in [6, 6.07) is 6.11. The molecule has 0 N–H and O–H groups in total. The van der Waals surface area contributed by atoms with Gasteiger partial charge < -0.3 is 9.47 Å². The molecule has 0 aliphatic heterocycles. The SMILES string of the molecule is C[C@H](CC(=O)OC(C)(C)C)C(=O)O[C@@H](C)[C@@H](C)c1ccc(F)cc1. The normalized spacial score (nSPS) is 15.3. The van der Waals surface area contributed by atoms with E-state index in [-0.39, 0.29) is 24.3 Å². The molecule has 0 radical (unpaired) electrons. The van der Waals surface area contributed by atoms with Gasteiger partial charge in [-0.3, -0.25) is 9.59 Å². The summed E-state index contributed by atoms with van der Waals surface area (Å²) in [4.78, 5) is 23.9. The van der Waals surface area contributed by atoms with Crippen molar-refractivity contribution in [2.75, 3.05) is 0 Å². The van der Waals surface area contributed by atoms with E-state index in [1.807, 2.05) is 6.92 Å². The highest BCUT2D eigenvalue weighted by Gasteiger charge is 2.26. The monoisotopic (exact) mass is 338 g/mol. The van der Waals surface area contributed by atoms with Crippen LogP contribution in [0.2, 0.25) is 0 Å². The molecule has 0 unspecified atom stereocenters. The minimum atomic E-state index is -0.581. The first-order chi connectivity index (χ1) is 11.0. The molecule has 4 nitrogen and oxygen atoms in total. The van der Waals surface area contributed by atoms with E-state index in [1.165, 1.54) is 12.1 Å². The Bertz CT molecular complexity index is 560. The van der Waals surface area contributed by atoms with Crippen molar-refractivity contribution in [3.05, 3.63) is 35.6 Å². The molecule has 0 fully saturated rings. The number of halogens is 1. The zero-order chi connectivity index (χ0) is 18.5. The minimum absolute atomic E-state index is 0.0201. The first-order valence-corrected chi connectivity index (χ1v) is 8.17. The molecule has 0 heterocycles. The van der Waals surface area contributed by atoms with Crippen molar-refractivity contribution in [2.45, 2.75) is 65.6 Å². The topological polar surface area (TPSA) is 52.6 Å². The molecule has 0 saturated heterocycles. The fraction of sp³-hybridized carbons (Fsp3) is 0.579. The van der Waals surface area contributed by atoms with Crippen molar-refractivity contribution in [1.82, 2.24) is 0 Å². The molecule has 1 aromatic rings. The van der Waals surface area contributed by atoms with Crippen LogP contribution in [0.3, 0.4) is 0 Å². The standard InChI is InChI=1S/C19H27FO4/c1-12(11-17(21)24-19(4,5)6)18(22)23-14(3)13(2)15-7-9-16(20)10-8-15/h7-10,12-14H,11H2,1-6H3/t12-,13-,14+/m1/s1. The Labute approximate surface area is 143 Å². The van der Waals surface area contributed by atoms with Gasteiger partial charge in [0, 0.05) is 5.92 Å². The van der Waals surface area contributed by atoms with Crippen LogP contribution in [0.5, 0.6) is 0 Å². The van der Waals surface area contributed by atoms with E-state index in [2.05, 4.69) is 0 Å². The largest absolute Gasteiger partial charge is 0.462 e. The predicted octanol–water partition coefficient (Wildman–Crippen LogP) is 4.23. The van der Waals surface area contributed by atoms with Gasteiger partial charge in [0.05, 0.1) is 12.3 Å². The highest BCUT2D eigenvalue weighted by atomic mass is 19.1. The average Bonchev–Trinajstić information content (AvgIpc) is 2.44. The third-order valence-corrected chi connectivity index (χ3v) is 3.70. The third kappa shape index (κ3) is 6.69. The lowest BCUT2D eigenvalue weighted by Gasteiger charge is -2.23. The fourth-order valence-corrected chi connectivity index (χ4v) is 2.16. The summed E-state index contributed by atoms with van der Waals surface area (Å²) in [6.45, 7) is 10.7. The van der Waals surface area contributed by atoms with Gasteiger partial charge in [-0.25, -0.2) is 4.39 Å². The van der Waals surface area contributed by atoms with Gasteiger partial charge in [0.1, 0.15) is 17.5 Å². The van der Waals surface area contributed by atoms with Crippen molar-refractivity contribution < 1.29 is 23.5 Å². The van der Waals surface area contributed by atoms with Crippen LogP contribution in [-0.2, 0) is 19.1 Å². The van der Waals surface area contributed by atoms with Crippen LogP contribution in [0.1, 0.15) is 59.4 Å². The summed E-state index contributed by atoms with van der Waals surface area (Å²) in [5, 5.41) is 0. The third-order valence-electron chi connectivity index (χ3n) is 3.70. The summed E-state index contributed by atoms with van der Waals surface area (Å²) >= 11 is 0.